The predicted octanol–water partition coefficient (Wildman–Crippen LogP) is 2.29. The average Bonchev–Trinajstić information content (AvgIpc) is 3.08. The molecule has 1 unspecified atom stereocenters. The van der Waals surface area contributed by atoms with Crippen LogP contribution in [-0.4, -0.2) is 32.5 Å². The maximum Gasteiger partial charge on any atom is 0.220 e. The number of hydrogen-bond acceptors (Lipinski definition) is 3. The molecule has 1 aliphatic heterocycles. The van der Waals surface area contributed by atoms with Crippen molar-refractivity contribution in [1.29, 1.82) is 0 Å². The van der Waals surface area contributed by atoms with Crippen LogP contribution in [0.1, 0.15) is 31.6 Å². The minimum absolute atomic E-state index is 0.0331. The van der Waals surface area contributed by atoms with E-state index in [0.717, 1.165) is 24.9 Å². The molecule has 0 aliphatic carbocycles. The van der Waals surface area contributed by atoms with Gasteiger partial charge in [-0.1, -0.05) is 0 Å². The van der Waals surface area contributed by atoms with Crippen LogP contribution in [0, 0.1) is 5.82 Å². The largest absolute Gasteiger partial charge is 0.333 e. The maximum absolute atomic E-state index is 12.9. The molecule has 1 saturated heterocycles. The lowest BCUT2D eigenvalue weighted by atomic mass is 10.2. The molecule has 1 fully saturated rings. The van der Waals surface area contributed by atoms with E-state index in [1.54, 1.807) is 24.0 Å². The van der Waals surface area contributed by atoms with Crippen molar-refractivity contribution < 1.29 is 9.18 Å². The number of H-pyrrole nitrogens is 1. The van der Waals surface area contributed by atoms with Gasteiger partial charge in [-0.05, 0) is 37.1 Å². The number of likely N-dealkylation sites (tertiary alicyclic amines) is 1. The zero-order chi connectivity index (χ0) is 14.1. The summed E-state index contributed by atoms with van der Waals surface area (Å²) in [5.74, 6) is 0.975. The normalized spacial score (nSPS) is 18.5. The predicted molar refractivity (Wildman–Crippen MR) is 71.1 cm³/mol. The van der Waals surface area contributed by atoms with Crippen molar-refractivity contribution in [3.63, 3.8) is 0 Å². The summed E-state index contributed by atoms with van der Waals surface area (Å²) >= 11 is 0. The highest BCUT2D eigenvalue weighted by atomic mass is 19.1. The summed E-state index contributed by atoms with van der Waals surface area (Å²) in [6.45, 7) is 2.32. The fourth-order valence-electron chi connectivity index (χ4n) is 2.58. The van der Waals surface area contributed by atoms with E-state index in [2.05, 4.69) is 15.2 Å². The molecule has 5 nitrogen and oxygen atoms in total. The summed E-state index contributed by atoms with van der Waals surface area (Å²) in [4.78, 5) is 17.8. The lowest BCUT2D eigenvalue weighted by Gasteiger charge is -2.20. The first-order chi connectivity index (χ1) is 9.65. The third-order valence-electron chi connectivity index (χ3n) is 3.58. The molecule has 20 heavy (non-hydrogen) atoms. The van der Waals surface area contributed by atoms with Crippen LogP contribution >= 0.6 is 0 Å². The molecule has 0 radical (unpaired) electrons. The first kappa shape index (κ1) is 12.8. The number of benzene rings is 1. The van der Waals surface area contributed by atoms with Gasteiger partial charge in [0.05, 0.1) is 6.04 Å². The van der Waals surface area contributed by atoms with Crippen LogP contribution in [0.5, 0.6) is 0 Å². The molecular formula is C14H15FN4O. The first-order valence-electron chi connectivity index (χ1n) is 6.60. The van der Waals surface area contributed by atoms with Crippen molar-refractivity contribution in [1.82, 2.24) is 20.1 Å². The van der Waals surface area contributed by atoms with Gasteiger partial charge in [-0.3, -0.25) is 9.89 Å². The van der Waals surface area contributed by atoms with Crippen molar-refractivity contribution >= 4 is 5.91 Å². The summed E-state index contributed by atoms with van der Waals surface area (Å²) in [5.41, 5.74) is 0.751. The Morgan fingerprint density at radius 2 is 2.15 bits per heavy atom. The molecule has 0 spiro atoms. The van der Waals surface area contributed by atoms with Gasteiger partial charge in [0, 0.05) is 19.0 Å². The van der Waals surface area contributed by atoms with Gasteiger partial charge in [0.2, 0.25) is 5.91 Å². The van der Waals surface area contributed by atoms with E-state index in [0.29, 0.717) is 11.6 Å². The van der Waals surface area contributed by atoms with E-state index in [4.69, 9.17) is 0 Å². The number of nitrogens with zero attached hydrogens (tertiary/aromatic N) is 3. The highest BCUT2D eigenvalue weighted by Crippen LogP contribution is 2.30. The molecule has 2 aromatic rings. The van der Waals surface area contributed by atoms with E-state index in [9.17, 15) is 9.18 Å². The first-order valence-corrected chi connectivity index (χ1v) is 6.60. The quantitative estimate of drug-likeness (QED) is 0.914. The van der Waals surface area contributed by atoms with Crippen LogP contribution < -0.4 is 0 Å². The number of amides is 1. The maximum atomic E-state index is 12.9. The number of aromatic nitrogens is 3. The van der Waals surface area contributed by atoms with Gasteiger partial charge in [-0.15, -0.1) is 0 Å². The van der Waals surface area contributed by atoms with Crippen LogP contribution in [0.4, 0.5) is 4.39 Å². The fraction of sp³-hybridized carbons (Fsp3) is 0.357. The number of nitrogens with one attached hydrogen (secondary N) is 1. The van der Waals surface area contributed by atoms with Crippen LogP contribution in [0.3, 0.4) is 0 Å². The van der Waals surface area contributed by atoms with Crippen LogP contribution in [0.2, 0.25) is 0 Å². The van der Waals surface area contributed by atoms with Crippen molar-refractivity contribution in [2.24, 2.45) is 0 Å². The highest BCUT2D eigenvalue weighted by molar-refractivity contribution is 5.74. The Bertz CT molecular complexity index is 622. The Labute approximate surface area is 115 Å². The molecule has 1 amide bonds. The molecule has 1 aromatic carbocycles. The Morgan fingerprint density at radius 1 is 1.40 bits per heavy atom. The molecule has 1 N–H and O–H groups in total. The highest BCUT2D eigenvalue weighted by Gasteiger charge is 2.30. The van der Waals surface area contributed by atoms with E-state index >= 15 is 0 Å². The van der Waals surface area contributed by atoms with Gasteiger partial charge < -0.3 is 4.90 Å². The molecule has 2 heterocycles. The molecule has 0 saturated carbocycles. The molecule has 1 atom stereocenters. The zero-order valence-corrected chi connectivity index (χ0v) is 11.1. The molecule has 1 aromatic heterocycles. The van der Waals surface area contributed by atoms with Crippen molar-refractivity contribution in [3.05, 3.63) is 35.9 Å². The van der Waals surface area contributed by atoms with Gasteiger partial charge in [0.1, 0.15) is 11.6 Å². The van der Waals surface area contributed by atoms with E-state index < -0.39 is 0 Å². The number of rotatable bonds is 2. The molecule has 3 rings (SSSR count). The average molecular weight is 274 g/mol. The third-order valence-corrected chi connectivity index (χ3v) is 3.58. The van der Waals surface area contributed by atoms with E-state index in [1.807, 2.05) is 0 Å². The van der Waals surface area contributed by atoms with Crippen LogP contribution in [-0.2, 0) is 4.79 Å². The van der Waals surface area contributed by atoms with Gasteiger partial charge >= 0.3 is 0 Å². The smallest absolute Gasteiger partial charge is 0.220 e. The Morgan fingerprint density at radius 3 is 2.85 bits per heavy atom. The molecular weight excluding hydrogens is 259 g/mol. The fourth-order valence-corrected chi connectivity index (χ4v) is 2.58. The van der Waals surface area contributed by atoms with Gasteiger partial charge in [-0.2, -0.15) is 5.10 Å². The summed E-state index contributed by atoms with van der Waals surface area (Å²) < 4.78 is 12.9. The van der Waals surface area contributed by atoms with E-state index in [1.165, 1.54) is 12.1 Å². The number of halogens is 1. The standard InChI is InChI=1S/C14H15FN4O/c1-9(20)19-8-2-3-12(19)14-16-13(17-18-14)10-4-6-11(15)7-5-10/h4-7,12H,2-3,8H2,1H3,(H,16,17,18). The van der Waals surface area contributed by atoms with Crippen LogP contribution in [0.25, 0.3) is 11.4 Å². The van der Waals surface area contributed by atoms with Crippen molar-refractivity contribution in [3.8, 4) is 11.4 Å². The minimum Gasteiger partial charge on any atom is -0.333 e. The Hall–Kier alpha value is -2.24. The second-order valence-corrected chi connectivity index (χ2v) is 4.92. The number of hydrogen-bond donors (Lipinski definition) is 1. The Balaban J connectivity index is 1.86. The van der Waals surface area contributed by atoms with Crippen LogP contribution in [0.15, 0.2) is 24.3 Å². The molecule has 104 valence electrons. The third kappa shape index (κ3) is 2.29. The van der Waals surface area contributed by atoms with E-state index in [-0.39, 0.29) is 17.8 Å². The SMILES string of the molecule is CC(=O)N1CCCC1c1nc(-c2ccc(F)cc2)n[nH]1. The van der Waals surface area contributed by atoms with Gasteiger partial charge in [-0.25, -0.2) is 9.37 Å². The molecule has 0 bridgehead atoms. The monoisotopic (exact) mass is 274 g/mol. The lowest BCUT2D eigenvalue weighted by Crippen LogP contribution is -2.28. The second-order valence-electron chi connectivity index (χ2n) is 4.92. The zero-order valence-electron chi connectivity index (χ0n) is 11.1. The number of carbonyl (C=O) groups is 1. The Kier molecular flexibility index (Phi) is 3.22. The minimum atomic E-state index is -0.289. The van der Waals surface area contributed by atoms with Gasteiger partial charge in [0.15, 0.2) is 5.82 Å². The van der Waals surface area contributed by atoms with Gasteiger partial charge in [0.25, 0.3) is 0 Å². The second kappa shape index (κ2) is 5.03. The number of carbonyl (C=O) groups excluding carboxylic acids is 1. The van der Waals surface area contributed by atoms with Crippen molar-refractivity contribution in [2.75, 3.05) is 6.54 Å². The van der Waals surface area contributed by atoms with Crippen molar-refractivity contribution in [2.45, 2.75) is 25.8 Å². The molecule has 1 aliphatic rings. The summed E-state index contributed by atoms with van der Waals surface area (Å²) in [6, 6.07) is 6.00. The summed E-state index contributed by atoms with van der Waals surface area (Å²) in [6.07, 6.45) is 1.86. The molecule has 6 heteroatoms. The number of aromatic amines is 1. The summed E-state index contributed by atoms with van der Waals surface area (Å²) in [5, 5.41) is 7.05. The topological polar surface area (TPSA) is 61.9 Å². The summed E-state index contributed by atoms with van der Waals surface area (Å²) in [7, 11) is 0. The lowest BCUT2D eigenvalue weighted by molar-refractivity contribution is -0.129.